The quantitative estimate of drug-likeness (QED) is 0.0366. The van der Waals surface area contributed by atoms with Crippen molar-refractivity contribution in [1.29, 1.82) is 0 Å². The van der Waals surface area contributed by atoms with Crippen LogP contribution in [0.1, 0.15) is 140 Å². The van der Waals surface area contributed by atoms with Crippen LogP contribution in [0.25, 0.3) is 0 Å². The van der Waals surface area contributed by atoms with Crippen LogP contribution in [0, 0.1) is 17.8 Å². The highest BCUT2D eigenvalue weighted by Gasteiger charge is 2.45. The van der Waals surface area contributed by atoms with E-state index < -0.39 is 38.9 Å². The third kappa shape index (κ3) is 16.9. The third-order valence-electron chi connectivity index (χ3n) is 17.0. The molecule has 0 bridgehead atoms. The van der Waals surface area contributed by atoms with Crippen LogP contribution in [0.3, 0.4) is 0 Å². The first-order valence-electron chi connectivity index (χ1n) is 26.8. The molecule has 0 aliphatic rings. The topological polar surface area (TPSA) is 46.2 Å². The average Bonchev–Trinajstić information content (AvgIpc) is 3.25. The van der Waals surface area contributed by atoms with E-state index in [9.17, 15) is 0 Å². The molecule has 0 aromatic heterocycles. The van der Waals surface area contributed by atoms with Crippen LogP contribution in [0.2, 0.25) is 72.5 Å². The molecule has 0 saturated heterocycles. The lowest BCUT2D eigenvalue weighted by Gasteiger charge is -2.43. The summed E-state index contributed by atoms with van der Waals surface area (Å²) in [6.07, 6.45) is 12.1. The molecule has 70 heavy (non-hydrogen) atoms. The van der Waals surface area contributed by atoms with Gasteiger partial charge in [-0.2, -0.15) is 0 Å². The van der Waals surface area contributed by atoms with Gasteiger partial charge in [0.25, 0.3) is 0 Å². The van der Waals surface area contributed by atoms with Crippen molar-refractivity contribution in [1.82, 2.24) is 0 Å². The first kappa shape index (κ1) is 62.1. The summed E-state index contributed by atoms with van der Waals surface area (Å²) in [6, 6.07) is 31.9. The van der Waals surface area contributed by atoms with Gasteiger partial charge in [-0.05, 0) is 120 Å². The van der Waals surface area contributed by atoms with Gasteiger partial charge in [-0.1, -0.05) is 219 Å². The molecule has 0 unspecified atom stereocenters. The van der Waals surface area contributed by atoms with Gasteiger partial charge in [0.1, 0.15) is 5.60 Å². The van der Waals surface area contributed by atoms with E-state index in [2.05, 4.69) is 272 Å². The van der Waals surface area contributed by atoms with Gasteiger partial charge in [0.05, 0.1) is 24.9 Å². The number of ether oxygens (including phenoxy) is 1. The molecule has 0 aliphatic carbocycles. The highest BCUT2D eigenvalue weighted by Crippen LogP contribution is 2.44. The lowest BCUT2D eigenvalue weighted by Crippen LogP contribution is -2.48. The van der Waals surface area contributed by atoms with Crippen molar-refractivity contribution < 1.29 is 22.4 Å². The number of benzene rings is 3. The molecule has 394 valence electrons. The smallest absolute Gasteiger partial charge is 0.192 e. The molecule has 6 atom stereocenters. The SMILES string of the molecule is C[C@H](C=CCOC(c1ccccc1)(c1ccccc1)c1ccccc1)[C@H](C[C@@H](C=C[C@H](C)[C@H](O[Si](C)(C)C(C)(C)C)[C@@H](C)CCCO[Si](C)(C)C(C)(C)C)O[Si](C)(C)C(C)(C)C)O[Si](C)(C)C(C)(C)C. The van der Waals surface area contributed by atoms with Gasteiger partial charge < -0.3 is 22.4 Å². The fourth-order valence-electron chi connectivity index (χ4n) is 7.99. The predicted octanol–water partition coefficient (Wildman–Crippen LogP) is 18.4. The predicted molar refractivity (Wildman–Crippen MR) is 314 cm³/mol. The van der Waals surface area contributed by atoms with Crippen molar-refractivity contribution in [3.8, 4) is 0 Å². The number of rotatable bonds is 25. The van der Waals surface area contributed by atoms with Crippen LogP contribution in [0.4, 0.5) is 0 Å². The Morgan fingerprint density at radius 1 is 0.471 bits per heavy atom. The van der Waals surface area contributed by atoms with Crippen LogP contribution in [0.15, 0.2) is 115 Å². The summed E-state index contributed by atoms with van der Waals surface area (Å²) in [5.74, 6) is 0.643. The van der Waals surface area contributed by atoms with Gasteiger partial charge in [0, 0.05) is 13.0 Å². The van der Waals surface area contributed by atoms with Crippen molar-refractivity contribution in [2.75, 3.05) is 13.2 Å². The molecule has 0 heterocycles. The highest BCUT2D eigenvalue weighted by atomic mass is 28.4. The summed E-state index contributed by atoms with van der Waals surface area (Å²) in [4.78, 5) is 0. The minimum atomic E-state index is -2.22. The zero-order valence-electron chi connectivity index (χ0n) is 49.0. The number of hydrogen-bond donors (Lipinski definition) is 0. The van der Waals surface area contributed by atoms with E-state index in [4.69, 9.17) is 22.4 Å². The lowest BCUT2D eigenvalue weighted by atomic mass is 9.80. The largest absolute Gasteiger partial charge is 0.417 e. The fraction of sp³-hybridized carbons (Fsp3) is 0.639. The van der Waals surface area contributed by atoms with Crippen molar-refractivity contribution in [3.63, 3.8) is 0 Å². The average molecular weight is 1030 g/mol. The summed E-state index contributed by atoms with van der Waals surface area (Å²) >= 11 is 0. The summed E-state index contributed by atoms with van der Waals surface area (Å²) in [5, 5.41) is 0.385. The van der Waals surface area contributed by atoms with E-state index >= 15 is 0 Å². The second kappa shape index (κ2) is 24.9. The molecule has 5 nitrogen and oxygen atoms in total. The van der Waals surface area contributed by atoms with Gasteiger partial charge in [0.2, 0.25) is 0 Å². The van der Waals surface area contributed by atoms with E-state index in [1.54, 1.807) is 0 Å². The van der Waals surface area contributed by atoms with E-state index in [0.717, 1.165) is 42.6 Å². The Bertz CT molecular complexity index is 1940. The van der Waals surface area contributed by atoms with Gasteiger partial charge >= 0.3 is 0 Å². The van der Waals surface area contributed by atoms with Gasteiger partial charge in [0.15, 0.2) is 33.3 Å². The second-order valence-electron chi connectivity index (χ2n) is 26.8. The van der Waals surface area contributed by atoms with Crippen molar-refractivity contribution in [3.05, 3.63) is 132 Å². The summed E-state index contributed by atoms with van der Waals surface area (Å²) in [7, 11) is -8.36. The summed E-state index contributed by atoms with van der Waals surface area (Å²) in [6.45, 7) is 55.5. The monoisotopic (exact) mass is 1030 g/mol. The maximum absolute atomic E-state index is 7.52. The summed E-state index contributed by atoms with van der Waals surface area (Å²) < 4.78 is 36.3. The molecule has 3 aromatic rings. The molecule has 0 amide bonds. The molecule has 0 N–H and O–H groups in total. The Labute approximate surface area is 435 Å². The molecule has 9 heteroatoms. The van der Waals surface area contributed by atoms with E-state index in [1.165, 1.54) is 0 Å². The molecule has 3 rings (SSSR count). The highest BCUT2D eigenvalue weighted by molar-refractivity contribution is 6.75. The van der Waals surface area contributed by atoms with Crippen LogP contribution < -0.4 is 0 Å². The summed E-state index contributed by atoms with van der Waals surface area (Å²) in [5.41, 5.74) is 2.50. The maximum atomic E-state index is 7.52. The van der Waals surface area contributed by atoms with Crippen LogP contribution in [-0.2, 0) is 28.0 Å². The Balaban J connectivity index is 2.06. The molecule has 3 aromatic carbocycles. The zero-order valence-corrected chi connectivity index (χ0v) is 53.0. The lowest BCUT2D eigenvalue weighted by molar-refractivity contribution is 0.0314. The molecule has 0 spiro atoms. The second-order valence-corrected chi connectivity index (χ2v) is 45.8. The Hall–Kier alpha value is -2.19. The first-order valence-corrected chi connectivity index (χ1v) is 38.5. The minimum absolute atomic E-state index is 0.0404. The molecule has 0 radical (unpaired) electrons. The van der Waals surface area contributed by atoms with E-state index in [0.29, 0.717) is 12.5 Å². The Morgan fingerprint density at radius 2 is 0.871 bits per heavy atom. The standard InChI is InChI=1S/C61H104O5Si4/c1-48(35-33-45-62-61(51-37-27-24-28-38-51,52-39-29-25-30-40-52)53-41-31-26-32-42-53)55(65-69(20,21)59(10,11)12)47-54(64-68(18,19)58(7,8)9)44-43-50(3)56(66-70(22,23)60(13,14)15)49(2)36-34-46-63-67(16,17)57(4,5)6/h24-33,35,37-44,48-50,54-56H,34,36,45-47H2,1-23H3/t48-,49+,50+,54-,55+,56-/m1/s1. The molecule has 0 aliphatic heterocycles. The molecule has 0 fully saturated rings. The van der Waals surface area contributed by atoms with Gasteiger partial charge in [-0.25, -0.2) is 0 Å². The molecular formula is C61H104O5Si4. The molecular weight excluding hydrogens is 925 g/mol. The maximum Gasteiger partial charge on any atom is 0.192 e. The van der Waals surface area contributed by atoms with Gasteiger partial charge in [-0.15, -0.1) is 0 Å². The van der Waals surface area contributed by atoms with Crippen molar-refractivity contribution >= 4 is 33.3 Å². The normalized spacial score (nSPS) is 16.9. The van der Waals surface area contributed by atoms with Crippen LogP contribution in [0.5, 0.6) is 0 Å². The van der Waals surface area contributed by atoms with E-state index in [-0.39, 0.29) is 50.3 Å². The van der Waals surface area contributed by atoms with Crippen molar-refractivity contribution in [2.24, 2.45) is 17.8 Å². The first-order chi connectivity index (χ1) is 32.0. The zero-order chi connectivity index (χ0) is 53.2. The minimum Gasteiger partial charge on any atom is -0.417 e. The molecule has 0 saturated carbocycles. The third-order valence-corrected chi connectivity index (χ3v) is 35.0. The fourth-order valence-corrected chi connectivity index (χ4v) is 13.3. The van der Waals surface area contributed by atoms with Gasteiger partial charge in [-0.3, -0.25) is 0 Å². The van der Waals surface area contributed by atoms with E-state index in [1.807, 2.05) is 0 Å². The Kier molecular flexibility index (Phi) is 22.1. The Morgan fingerprint density at radius 3 is 1.29 bits per heavy atom. The van der Waals surface area contributed by atoms with Crippen LogP contribution in [-0.4, -0.2) is 64.8 Å². The van der Waals surface area contributed by atoms with Crippen molar-refractivity contribution in [2.45, 2.75) is 220 Å². The number of hydrogen-bond acceptors (Lipinski definition) is 5. The van der Waals surface area contributed by atoms with Crippen LogP contribution >= 0.6 is 0 Å².